The van der Waals surface area contributed by atoms with E-state index in [0.29, 0.717) is 6.54 Å². The van der Waals surface area contributed by atoms with Crippen LogP contribution < -0.4 is 0 Å². The van der Waals surface area contributed by atoms with E-state index in [1.165, 1.54) is 5.57 Å². The molecule has 2 aliphatic heterocycles. The van der Waals surface area contributed by atoms with Crippen LogP contribution in [0.25, 0.3) is 5.57 Å². The lowest BCUT2D eigenvalue weighted by Gasteiger charge is -2.41. The average Bonchev–Trinajstić information content (AvgIpc) is 2.90. The summed E-state index contributed by atoms with van der Waals surface area (Å²) in [6.45, 7) is 7.45. The fourth-order valence-corrected chi connectivity index (χ4v) is 3.34. The minimum atomic E-state index is -0.337. The molecule has 1 atom stereocenters. The van der Waals surface area contributed by atoms with E-state index in [-0.39, 0.29) is 16.9 Å². The Morgan fingerprint density at radius 1 is 1.41 bits per heavy atom. The molecule has 1 unspecified atom stereocenters. The third kappa shape index (κ3) is 2.87. The van der Waals surface area contributed by atoms with Crippen molar-refractivity contribution in [2.45, 2.75) is 45.6 Å². The molecule has 0 bridgehead atoms. The Kier molecular flexibility index (Phi) is 3.71. The molecule has 0 aromatic carbocycles. The molecule has 0 saturated carbocycles. The van der Waals surface area contributed by atoms with Gasteiger partial charge in [0.2, 0.25) is 5.91 Å². The normalized spacial score (nSPS) is 25.0. The van der Waals surface area contributed by atoms with Crippen molar-refractivity contribution in [1.82, 2.24) is 9.88 Å². The number of carbonyl (C=O) groups excluding carboxylic acids is 1. The predicted octanol–water partition coefficient (Wildman–Crippen LogP) is 3.25. The van der Waals surface area contributed by atoms with Gasteiger partial charge in [0.05, 0.1) is 12.8 Å². The van der Waals surface area contributed by atoms with Crippen molar-refractivity contribution in [2.75, 3.05) is 13.1 Å². The summed E-state index contributed by atoms with van der Waals surface area (Å²) in [6.07, 6.45) is 8.36. The van der Waals surface area contributed by atoms with Crippen molar-refractivity contribution in [3.63, 3.8) is 0 Å². The maximum atomic E-state index is 12.6. The molecule has 0 radical (unpaired) electrons. The van der Waals surface area contributed by atoms with Gasteiger partial charge < -0.3 is 9.64 Å². The summed E-state index contributed by atoms with van der Waals surface area (Å²) in [6, 6.07) is 4.00. The molecule has 4 nitrogen and oxygen atoms in total. The van der Waals surface area contributed by atoms with Crippen LogP contribution in [0.5, 0.6) is 0 Å². The van der Waals surface area contributed by atoms with Gasteiger partial charge in [-0.1, -0.05) is 26.8 Å². The Morgan fingerprint density at radius 2 is 2.23 bits per heavy atom. The van der Waals surface area contributed by atoms with E-state index >= 15 is 0 Å². The molecule has 3 rings (SSSR count). The van der Waals surface area contributed by atoms with E-state index in [2.05, 4.69) is 11.1 Å². The molecule has 1 fully saturated rings. The first-order valence-electron chi connectivity index (χ1n) is 7.96. The van der Waals surface area contributed by atoms with E-state index in [1.807, 2.05) is 44.2 Å². The molecule has 1 aromatic heterocycles. The van der Waals surface area contributed by atoms with Gasteiger partial charge >= 0.3 is 0 Å². The first kappa shape index (κ1) is 15.1. The second-order valence-electron chi connectivity index (χ2n) is 7.44. The highest BCUT2D eigenvalue weighted by molar-refractivity contribution is 5.81. The SMILES string of the molecule is CC(C)(C)C(=O)N1CCCC2(CC(c3cccnc3)=CO2)C1. The standard InChI is InChI=1S/C18H24N2O2/c1-17(2,3)16(21)20-9-5-7-18(13-20)10-15(12-22-18)14-6-4-8-19-11-14/h4,6,8,11-12H,5,7,9-10,13H2,1-3H3. The molecule has 2 aliphatic rings. The van der Waals surface area contributed by atoms with Crippen LogP contribution in [-0.4, -0.2) is 34.5 Å². The molecular formula is C18H24N2O2. The molecule has 1 saturated heterocycles. The molecular weight excluding hydrogens is 276 g/mol. The summed E-state index contributed by atoms with van der Waals surface area (Å²) in [4.78, 5) is 18.7. The molecule has 22 heavy (non-hydrogen) atoms. The van der Waals surface area contributed by atoms with Gasteiger partial charge in [0, 0.05) is 30.8 Å². The minimum absolute atomic E-state index is 0.213. The Hall–Kier alpha value is -1.84. The number of ether oxygens (including phenoxy) is 1. The Bertz CT molecular complexity index is 589. The van der Waals surface area contributed by atoms with Crippen molar-refractivity contribution in [1.29, 1.82) is 0 Å². The third-order valence-corrected chi connectivity index (χ3v) is 4.46. The quantitative estimate of drug-likeness (QED) is 0.799. The van der Waals surface area contributed by atoms with Crippen molar-refractivity contribution >= 4 is 11.5 Å². The zero-order valence-corrected chi connectivity index (χ0v) is 13.6. The Morgan fingerprint density at radius 3 is 2.91 bits per heavy atom. The largest absolute Gasteiger partial charge is 0.492 e. The van der Waals surface area contributed by atoms with Gasteiger partial charge in [0.1, 0.15) is 5.60 Å². The van der Waals surface area contributed by atoms with E-state index < -0.39 is 0 Å². The molecule has 4 heteroatoms. The number of piperidine rings is 1. The smallest absolute Gasteiger partial charge is 0.228 e. The van der Waals surface area contributed by atoms with E-state index in [0.717, 1.165) is 31.4 Å². The number of hydrogen-bond donors (Lipinski definition) is 0. The highest BCUT2D eigenvalue weighted by Gasteiger charge is 2.43. The van der Waals surface area contributed by atoms with Gasteiger partial charge in [0.15, 0.2) is 0 Å². The summed E-state index contributed by atoms with van der Waals surface area (Å²) in [5.41, 5.74) is 1.71. The first-order valence-corrected chi connectivity index (χ1v) is 7.96. The Balaban J connectivity index is 1.72. The molecule has 3 heterocycles. The molecule has 1 spiro atoms. The molecule has 0 N–H and O–H groups in total. The molecule has 118 valence electrons. The highest BCUT2D eigenvalue weighted by atomic mass is 16.5. The average molecular weight is 300 g/mol. The van der Waals surface area contributed by atoms with Crippen molar-refractivity contribution in [3.05, 3.63) is 36.4 Å². The number of pyridine rings is 1. The summed E-state index contributed by atoms with van der Waals surface area (Å²) < 4.78 is 6.06. The van der Waals surface area contributed by atoms with Crippen molar-refractivity contribution in [2.24, 2.45) is 5.41 Å². The number of aromatic nitrogens is 1. The number of hydrogen-bond acceptors (Lipinski definition) is 3. The van der Waals surface area contributed by atoms with E-state index in [1.54, 1.807) is 6.20 Å². The van der Waals surface area contributed by atoms with E-state index in [4.69, 9.17) is 4.74 Å². The van der Waals surface area contributed by atoms with Gasteiger partial charge in [-0.25, -0.2) is 0 Å². The monoisotopic (exact) mass is 300 g/mol. The van der Waals surface area contributed by atoms with Crippen LogP contribution >= 0.6 is 0 Å². The number of rotatable bonds is 1. The lowest BCUT2D eigenvalue weighted by molar-refractivity contribution is -0.146. The van der Waals surface area contributed by atoms with Crippen molar-refractivity contribution < 1.29 is 9.53 Å². The zero-order chi connectivity index (χ0) is 15.8. The molecule has 1 amide bonds. The Labute approximate surface area is 132 Å². The van der Waals surface area contributed by atoms with Gasteiger partial charge in [-0.05, 0) is 30.0 Å². The van der Waals surface area contributed by atoms with Crippen molar-refractivity contribution in [3.8, 4) is 0 Å². The van der Waals surface area contributed by atoms with Crippen LogP contribution in [0.1, 0.15) is 45.6 Å². The van der Waals surface area contributed by atoms with Crippen LogP contribution in [0.15, 0.2) is 30.8 Å². The molecule has 1 aromatic rings. The number of nitrogens with zero attached hydrogens (tertiary/aromatic N) is 2. The van der Waals surface area contributed by atoms with Crippen LogP contribution in [-0.2, 0) is 9.53 Å². The van der Waals surface area contributed by atoms with Crippen LogP contribution in [0, 0.1) is 5.41 Å². The maximum absolute atomic E-state index is 12.6. The number of amides is 1. The fraction of sp³-hybridized carbons (Fsp3) is 0.556. The number of carbonyl (C=O) groups is 1. The van der Waals surface area contributed by atoms with Crippen LogP contribution in [0.2, 0.25) is 0 Å². The second kappa shape index (κ2) is 5.41. The zero-order valence-electron chi connectivity index (χ0n) is 13.6. The topological polar surface area (TPSA) is 42.4 Å². The van der Waals surface area contributed by atoms with E-state index in [9.17, 15) is 4.79 Å². The molecule has 0 aliphatic carbocycles. The van der Waals surface area contributed by atoms with Gasteiger partial charge in [-0.3, -0.25) is 9.78 Å². The number of likely N-dealkylation sites (tertiary alicyclic amines) is 1. The summed E-state index contributed by atoms with van der Waals surface area (Å²) in [7, 11) is 0. The van der Waals surface area contributed by atoms with Gasteiger partial charge in [0.25, 0.3) is 0 Å². The lowest BCUT2D eigenvalue weighted by Crippen LogP contribution is -2.52. The van der Waals surface area contributed by atoms with Gasteiger partial charge in [-0.2, -0.15) is 0 Å². The second-order valence-corrected chi connectivity index (χ2v) is 7.44. The van der Waals surface area contributed by atoms with Crippen LogP contribution in [0.3, 0.4) is 0 Å². The third-order valence-electron chi connectivity index (χ3n) is 4.46. The summed E-state index contributed by atoms with van der Waals surface area (Å²) >= 11 is 0. The first-order chi connectivity index (χ1) is 10.4. The predicted molar refractivity (Wildman–Crippen MR) is 85.9 cm³/mol. The summed E-state index contributed by atoms with van der Waals surface area (Å²) in [5.74, 6) is 0.213. The summed E-state index contributed by atoms with van der Waals surface area (Å²) in [5, 5.41) is 0. The minimum Gasteiger partial charge on any atom is -0.492 e. The van der Waals surface area contributed by atoms with Crippen LogP contribution in [0.4, 0.5) is 0 Å². The van der Waals surface area contributed by atoms with Gasteiger partial charge in [-0.15, -0.1) is 0 Å². The highest BCUT2D eigenvalue weighted by Crippen LogP contribution is 2.40. The maximum Gasteiger partial charge on any atom is 0.228 e. The fourth-order valence-electron chi connectivity index (χ4n) is 3.34. The lowest BCUT2D eigenvalue weighted by atomic mass is 9.85.